The molecule has 0 radical (unpaired) electrons. The van der Waals surface area contributed by atoms with Crippen molar-refractivity contribution in [1.29, 1.82) is 0 Å². The van der Waals surface area contributed by atoms with Crippen LogP contribution < -0.4 is 0 Å². The lowest BCUT2D eigenvalue weighted by molar-refractivity contribution is -0.259. The van der Waals surface area contributed by atoms with Crippen LogP contribution in [0.1, 0.15) is 78.6 Å². The molecule has 0 bridgehead atoms. The van der Waals surface area contributed by atoms with Crippen molar-refractivity contribution >= 4 is 33.4 Å². The molecule has 0 aromatic heterocycles. The number of fused-ring (bicyclic) bond motifs is 5. The quantitative estimate of drug-likeness (QED) is 0.242. The van der Waals surface area contributed by atoms with E-state index in [4.69, 9.17) is 4.55 Å². The Morgan fingerprint density at radius 3 is 2.27 bits per heavy atom. The zero-order valence-corrected chi connectivity index (χ0v) is 23.8. The Morgan fingerprint density at radius 1 is 1.05 bits per heavy atom. The molecule has 0 spiro atoms. The molecule has 0 aliphatic heterocycles. The fourth-order valence-electron chi connectivity index (χ4n) is 8.59. The van der Waals surface area contributed by atoms with E-state index in [1.54, 1.807) is 13.8 Å². The number of ketones is 3. The zero-order valence-electron chi connectivity index (χ0n) is 23.0. The molecule has 8 nitrogen and oxygen atoms in total. The van der Waals surface area contributed by atoms with Crippen LogP contribution in [0, 0.1) is 46.3 Å². The number of Topliss-reactive ketones (excluding diaryl/α,β-unsaturated/α-hetero) is 3. The maximum Gasteiger partial charge on any atom is 0.432 e. The molecule has 4 rings (SSSR count). The van der Waals surface area contributed by atoms with Gasteiger partial charge in [-0.05, 0) is 60.7 Å². The molecular weight excluding hydrogens is 579 g/mol. The van der Waals surface area contributed by atoms with Gasteiger partial charge in [0.05, 0.1) is 0 Å². The van der Waals surface area contributed by atoms with Crippen molar-refractivity contribution in [2.75, 3.05) is 0 Å². The van der Waals surface area contributed by atoms with Crippen molar-refractivity contribution in [2.24, 2.45) is 46.3 Å². The van der Waals surface area contributed by atoms with Crippen molar-refractivity contribution in [3.05, 3.63) is 0 Å². The van der Waals surface area contributed by atoms with Gasteiger partial charge in [0, 0.05) is 43.4 Å². The molecule has 4 fully saturated rings. The summed E-state index contributed by atoms with van der Waals surface area (Å²) < 4.78 is 101. The molecule has 9 atom stereocenters. The lowest BCUT2D eigenvalue weighted by atomic mass is 9.44. The monoisotopic (exact) mass is 614 g/mol. The Balaban J connectivity index is 1.47. The molecule has 0 aromatic rings. The lowest BCUT2D eigenvalue weighted by Crippen LogP contribution is -2.60. The van der Waals surface area contributed by atoms with Crippen LogP contribution in [0.3, 0.4) is 0 Å². The van der Waals surface area contributed by atoms with Crippen molar-refractivity contribution < 1.29 is 58.8 Å². The van der Waals surface area contributed by atoms with Crippen LogP contribution >= 0.6 is 0 Å². The summed E-state index contributed by atoms with van der Waals surface area (Å²) >= 11 is 0. The molecule has 1 N–H and O–H groups in total. The number of halogens is 5. The predicted molar refractivity (Wildman–Crippen MR) is 132 cm³/mol. The molecule has 0 aromatic carbocycles. The van der Waals surface area contributed by atoms with Crippen LogP contribution in [-0.2, 0) is 34.0 Å². The van der Waals surface area contributed by atoms with E-state index in [1.807, 2.05) is 0 Å². The summed E-state index contributed by atoms with van der Waals surface area (Å²) in [5, 5.41) is -5.81. The maximum atomic E-state index is 13.8. The molecule has 0 amide bonds. The van der Waals surface area contributed by atoms with E-state index in [0.29, 0.717) is 32.1 Å². The first-order valence-corrected chi connectivity index (χ1v) is 15.3. The van der Waals surface area contributed by atoms with Gasteiger partial charge in [-0.3, -0.25) is 23.7 Å². The van der Waals surface area contributed by atoms with Gasteiger partial charge in [-0.25, -0.2) is 0 Å². The summed E-state index contributed by atoms with van der Waals surface area (Å²) in [5.74, 6) is -3.26. The highest BCUT2D eigenvalue weighted by atomic mass is 32.2. The Bertz CT molecular complexity index is 1230. The number of hydrogen-bond donors (Lipinski definition) is 1. The number of ether oxygens (including phenoxy) is 1. The first-order valence-electron chi connectivity index (χ1n) is 13.8. The third-order valence-corrected chi connectivity index (χ3v) is 11.8. The molecule has 0 heterocycles. The minimum atomic E-state index is -6.54. The molecule has 6 unspecified atom stereocenters. The Labute approximate surface area is 234 Å². The molecule has 4 aliphatic carbocycles. The molecule has 4 saturated carbocycles. The largest absolute Gasteiger partial charge is 0.445 e. The highest BCUT2D eigenvalue weighted by Gasteiger charge is 2.67. The van der Waals surface area contributed by atoms with Crippen molar-refractivity contribution in [3.8, 4) is 0 Å². The minimum absolute atomic E-state index is 0.0304. The van der Waals surface area contributed by atoms with Gasteiger partial charge in [0.15, 0.2) is 0 Å². The van der Waals surface area contributed by atoms with Gasteiger partial charge in [-0.1, -0.05) is 20.8 Å². The third-order valence-electron chi connectivity index (χ3n) is 10.9. The normalized spacial score (nSPS) is 37.6. The van der Waals surface area contributed by atoms with Gasteiger partial charge in [0.2, 0.25) is 0 Å². The number of esters is 1. The number of hydrogen-bond acceptors (Lipinski definition) is 7. The number of alkyl halides is 5. The second kappa shape index (κ2) is 10.3. The average Bonchev–Trinajstić information content (AvgIpc) is 3.19. The SMILES string of the molecule is C[C@H](CCC(=O)OC(C(F)(F)F)C(F)(F)S(=O)(=O)O)C1CC[C@H]2C3C(=O)CC4CC(=O)CCC4(C)[C@H]3CC(=O)C12C. The van der Waals surface area contributed by atoms with E-state index in [2.05, 4.69) is 11.7 Å². The first-order chi connectivity index (χ1) is 18.7. The van der Waals surface area contributed by atoms with Crippen LogP contribution in [-0.4, -0.2) is 53.8 Å². The summed E-state index contributed by atoms with van der Waals surface area (Å²) in [4.78, 5) is 51.5. The van der Waals surface area contributed by atoms with Crippen molar-refractivity contribution in [2.45, 2.75) is 96.1 Å². The van der Waals surface area contributed by atoms with E-state index >= 15 is 0 Å². The summed E-state index contributed by atoms with van der Waals surface area (Å²) in [6.45, 7) is 5.55. The van der Waals surface area contributed by atoms with Crippen LogP contribution in [0.15, 0.2) is 0 Å². The smallest absolute Gasteiger partial charge is 0.432 e. The third kappa shape index (κ3) is 5.25. The topological polar surface area (TPSA) is 132 Å². The van der Waals surface area contributed by atoms with Crippen LogP contribution in [0.25, 0.3) is 0 Å². The molecule has 4 aliphatic rings. The summed E-state index contributed by atoms with van der Waals surface area (Å²) in [7, 11) is -6.54. The van der Waals surface area contributed by atoms with E-state index < -0.39 is 51.4 Å². The predicted octanol–water partition coefficient (Wildman–Crippen LogP) is 4.94. The van der Waals surface area contributed by atoms with E-state index in [-0.39, 0.29) is 71.6 Å². The number of carbonyl (C=O) groups is 4. The van der Waals surface area contributed by atoms with E-state index in [0.717, 1.165) is 0 Å². The average molecular weight is 615 g/mol. The second-order valence-electron chi connectivity index (χ2n) is 12.9. The summed E-state index contributed by atoms with van der Waals surface area (Å²) in [5.41, 5.74) is -1.24. The van der Waals surface area contributed by atoms with Crippen molar-refractivity contribution in [1.82, 2.24) is 0 Å². The summed E-state index contributed by atoms with van der Waals surface area (Å²) in [6.07, 6.45) is -8.36. The maximum absolute atomic E-state index is 13.8. The first kappa shape index (κ1) is 32.0. The standard InChI is InChI=1S/C27H35F5O8S/c1-13(4-7-21(36)40-23(26(28,29)30)27(31,32)41(37,38)39)16-5-6-17-22-18(12-20(35)25(16,17)3)24(2)9-8-15(33)10-14(24)11-19(22)34/h13-14,16-18,22-23H,4-12H2,1-3H3,(H,37,38,39)/t13-,14?,16?,17+,18+,22?,23?,24?,25?/m1/s1. The van der Waals surface area contributed by atoms with Gasteiger partial charge < -0.3 is 4.74 Å². The number of carbonyl (C=O) groups excluding carboxylic acids is 4. The molecule has 232 valence electrons. The fraction of sp³-hybridized carbons (Fsp3) is 0.852. The van der Waals surface area contributed by atoms with Gasteiger partial charge in [0.1, 0.15) is 17.3 Å². The fourth-order valence-corrected chi connectivity index (χ4v) is 9.04. The van der Waals surface area contributed by atoms with Gasteiger partial charge in [-0.15, -0.1) is 0 Å². The van der Waals surface area contributed by atoms with E-state index in [1.165, 1.54) is 0 Å². The second-order valence-corrected chi connectivity index (χ2v) is 14.4. The summed E-state index contributed by atoms with van der Waals surface area (Å²) in [6, 6.07) is 0. The molecule has 41 heavy (non-hydrogen) atoms. The Morgan fingerprint density at radius 2 is 1.68 bits per heavy atom. The van der Waals surface area contributed by atoms with Gasteiger partial charge in [0.25, 0.3) is 6.10 Å². The van der Waals surface area contributed by atoms with E-state index in [9.17, 15) is 49.5 Å². The van der Waals surface area contributed by atoms with Gasteiger partial charge >= 0.3 is 27.5 Å². The molecular formula is C27H35F5O8S. The van der Waals surface area contributed by atoms with Crippen LogP contribution in [0.5, 0.6) is 0 Å². The Kier molecular flexibility index (Phi) is 8.06. The molecule has 14 heteroatoms. The minimum Gasteiger partial charge on any atom is -0.445 e. The van der Waals surface area contributed by atoms with Crippen LogP contribution in [0.2, 0.25) is 0 Å². The van der Waals surface area contributed by atoms with Crippen molar-refractivity contribution in [3.63, 3.8) is 0 Å². The highest BCUT2D eigenvalue weighted by molar-refractivity contribution is 7.86. The van der Waals surface area contributed by atoms with Gasteiger partial charge in [-0.2, -0.15) is 30.4 Å². The highest BCUT2D eigenvalue weighted by Crippen LogP contribution is 2.66. The van der Waals surface area contributed by atoms with Crippen LogP contribution in [0.4, 0.5) is 22.0 Å². The Hall–Kier alpha value is -1.96. The number of rotatable bonds is 7. The zero-order chi connectivity index (χ0) is 30.9. The molecule has 0 saturated heterocycles. The lowest BCUT2D eigenvalue weighted by Gasteiger charge is -2.58.